The summed E-state index contributed by atoms with van der Waals surface area (Å²) in [6.45, 7) is 5.10. The Morgan fingerprint density at radius 1 is 1.04 bits per heavy atom. The van der Waals surface area contributed by atoms with E-state index in [1.807, 2.05) is 38.1 Å². The van der Waals surface area contributed by atoms with Gasteiger partial charge in [0.15, 0.2) is 0 Å². The molecule has 0 atom stereocenters. The van der Waals surface area contributed by atoms with Gasteiger partial charge in [-0.25, -0.2) is 8.42 Å². The van der Waals surface area contributed by atoms with Crippen LogP contribution in [0.15, 0.2) is 53.4 Å². The maximum atomic E-state index is 12.9. The van der Waals surface area contributed by atoms with E-state index in [1.165, 1.54) is 16.4 Å². The second-order valence-electron chi connectivity index (χ2n) is 6.43. The van der Waals surface area contributed by atoms with Crippen LogP contribution in [-0.2, 0) is 16.6 Å². The Morgan fingerprint density at radius 3 is 2.36 bits per heavy atom. The lowest BCUT2D eigenvalue weighted by molar-refractivity contribution is 0.0950. The van der Waals surface area contributed by atoms with Crippen molar-refractivity contribution in [1.29, 1.82) is 0 Å². The number of ether oxygens (including phenoxy) is 1. The third kappa shape index (κ3) is 5.33. The maximum absolute atomic E-state index is 12.9. The molecular formula is C21H28N2O4S. The molecule has 152 valence electrons. The van der Waals surface area contributed by atoms with Gasteiger partial charge in [0.2, 0.25) is 10.0 Å². The van der Waals surface area contributed by atoms with Gasteiger partial charge in [0, 0.05) is 30.8 Å². The van der Waals surface area contributed by atoms with Gasteiger partial charge in [-0.3, -0.25) is 4.79 Å². The van der Waals surface area contributed by atoms with Crippen LogP contribution in [0.4, 0.5) is 0 Å². The summed E-state index contributed by atoms with van der Waals surface area (Å²) in [6.07, 6.45) is 1.47. The SMILES string of the molecule is CCCN(CCC)S(=O)(=O)c1cccc(C(=O)NCc2ccccc2OC)c1. The van der Waals surface area contributed by atoms with Crippen LogP contribution in [0, 0.1) is 0 Å². The van der Waals surface area contributed by atoms with Crippen molar-refractivity contribution in [2.45, 2.75) is 38.1 Å². The first-order valence-corrected chi connectivity index (χ1v) is 10.9. The maximum Gasteiger partial charge on any atom is 0.251 e. The smallest absolute Gasteiger partial charge is 0.251 e. The highest BCUT2D eigenvalue weighted by Gasteiger charge is 2.24. The average Bonchev–Trinajstić information content (AvgIpc) is 2.72. The van der Waals surface area contributed by atoms with Crippen molar-refractivity contribution in [1.82, 2.24) is 9.62 Å². The second-order valence-corrected chi connectivity index (χ2v) is 8.36. The summed E-state index contributed by atoms with van der Waals surface area (Å²) in [5.41, 5.74) is 1.16. The molecule has 0 spiro atoms. The molecule has 0 fully saturated rings. The quantitative estimate of drug-likeness (QED) is 0.658. The van der Waals surface area contributed by atoms with Gasteiger partial charge in [-0.1, -0.05) is 38.1 Å². The van der Waals surface area contributed by atoms with Crippen LogP contribution >= 0.6 is 0 Å². The van der Waals surface area contributed by atoms with E-state index in [0.717, 1.165) is 18.4 Å². The summed E-state index contributed by atoms with van der Waals surface area (Å²) in [4.78, 5) is 12.7. The lowest BCUT2D eigenvalue weighted by Crippen LogP contribution is -2.32. The van der Waals surface area contributed by atoms with Crippen LogP contribution in [0.1, 0.15) is 42.6 Å². The molecular weight excluding hydrogens is 376 g/mol. The topological polar surface area (TPSA) is 75.7 Å². The first-order chi connectivity index (χ1) is 13.4. The van der Waals surface area contributed by atoms with E-state index in [9.17, 15) is 13.2 Å². The number of carbonyl (C=O) groups excluding carboxylic acids is 1. The number of nitrogens with zero attached hydrogens (tertiary/aromatic N) is 1. The molecule has 0 aliphatic heterocycles. The van der Waals surface area contributed by atoms with Crippen LogP contribution in [0.2, 0.25) is 0 Å². The van der Waals surface area contributed by atoms with E-state index in [0.29, 0.717) is 24.4 Å². The van der Waals surface area contributed by atoms with Crippen molar-refractivity contribution in [3.63, 3.8) is 0 Å². The summed E-state index contributed by atoms with van der Waals surface area (Å²) in [5.74, 6) is 0.356. The number of benzene rings is 2. The van der Waals surface area contributed by atoms with Gasteiger partial charge in [0.25, 0.3) is 5.91 Å². The zero-order chi connectivity index (χ0) is 20.6. The Balaban J connectivity index is 2.18. The second kappa shape index (κ2) is 10.2. The van der Waals surface area contributed by atoms with E-state index in [-0.39, 0.29) is 17.3 Å². The van der Waals surface area contributed by atoms with Gasteiger partial charge in [0.05, 0.1) is 12.0 Å². The van der Waals surface area contributed by atoms with Crippen LogP contribution < -0.4 is 10.1 Å². The number of rotatable bonds is 10. The van der Waals surface area contributed by atoms with Crippen LogP contribution in [0.25, 0.3) is 0 Å². The van der Waals surface area contributed by atoms with Crippen molar-refractivity contribution in [3.8, 4) is 5.75 Å². The zero-order valence-electron chi connectivity index (χ0n) is 16.6. The molecule has 0 heterocycles. The molecule has 1 N–H and O–H groups in total. The van der Waals surface area contributed by atoms with Gasteiger partial charge in [-0.05, 0) is 37.1 Å². The molecule has 6 nitrogen and oxygen atoms in total. The number of amides is 1. The Labute approximate surface area is 167 Å². The number of hydrogen-bond acceptors (Lipinski definition) is 4. The predicted molar refractivity (Wildman–Crippen MR) is 110 cm³/mol. The molecule has 0 saturated heterocycles. The van der Waals surface area contributed by atoms with Crippen molar-refractivity contribution in [2.75, 3.05) is 20.2 Å². The number of carbonyl (C=O) groups is 1. The van der Waals surface area contributed by atoms with Crippen LogP contribution in [0.3, 0.4) is 0 Å². The molecule has 7 heteroatoms. The first-order valence-electron chi connectivity index (χ1n) is 9.44. The molecule has 28 heavy (non-hydrogen) atoms. The normalized spacial score (nSPS) is 11.4. The van der Waals surface area contributed by atoms with E-state index in [2.05, 4.69) is 5.32 Å². The third-order valence-electron chi connectivity index (χ3n) is 4.31. The molecule has 0 aliphatic rings. The Morgan fingerprint density at radius 2 is 1.71 bits per heavy atom. The lowest BCUT2D eigenvalue weighted by Gasteiger charge is -2.21. The number of nitrogens with one attached hydrogen (secondary N) is 1. The fourth-order valence-corrected chi connectivity index (χ4v) is 4.59. The fraction of sp³-hybridized carbons (Fsp3) is 0.381. The van der Waals surface area contributed by atoms with Crippen molar-refractivity contribution in [3.05, 3.63) is 59.7 Å². The molecule has 0 saturated carbocycles. The number of hydrogen-bond donors (Lipinski definition) is 1. The highest BCUT2D eigenvalue weighted by Crippen LogP contribution is 2.19. The zero-order valence-corrected chi connectivity index (χ0v) is 17.5. The van der Waals surface area contributed by atoms with Crippen LogP contribution in [0.5, 0.6) is 5.75 Å². The summed E-state index contributed by atoms with van der Waals surface area (Å²) >= 11 is 0. The summed E-state index contributed by atoms with van der Waals surface area (Å²) in [6, 6.07) is 13.6. The third-order valence-corrected chi connectivity index (χ3v) is 6.21. The lowest BCUT2D eigenvalue weighted by atomic mass is 10.2. The first kappa shape index (κ1) is 21.9. The summed E-state index contributed by atoms with van der Waals surface area (Å²) < 4.78 is 32.6. The predicted octanol–water partition coefficient (Wildman–Crippen LogP) is 3.44. The monoisotopic (exact) mass is 404 g/mol. The minimum absolute atomic E-state index is 0.138. The molecule has 2 aromatic carbocycles. The van der Waals surface area contributed by atoms with Crippen molar-refractivity contribution >= 4 is 15.9 Å². The van der Waals surface area contributed by atoms with Crippen LogP contribution in [-0.4, -0.2) is 38.8 Å². The van der Waals surface area contributed by atoms with E-state index >= 15 is 0 Å². The standard InChI is InChI=1S/C21H28N2O4S/c1-4-13-23(14-5-2)28(25,26)19-11-8-10-17(15-19)21(24)22-16-18-9-6-7-12-20(18)27-3/h6-12,15H,4-5,13-14,16H2,1-3H3,(H,22,24). The highest BCUT2D eigenvalue weighted by atomic mass is 32.2. The molecule has 0 aliphatic carbocycles. The van der Waals surface area contributed by atoms with Gasteiger partial charge >= 0.3 is 0 Å². The van der Waals surface area contributed by atoms with Gasteiger partial charge in [-0.15, -0.1) is 0 Å². The Bertz CT molecular complexity index is 891. The molecule has 1 amide bonds. The van der Waals surface area contributed by atoms with E-state index < -0.39 is 10.0 Å². The summed E-state index contributed by atoms with van der Waals surface area (Å²) in [5, 5.41) is 2.82. The molecule has 2 aromatic rings. The Kier molecular flexibility index (Phi) is 8.02. The van der Waals surface area contributed by atoms with E-state index in [1.54, 1.807) is 19.2 Å². The van der Waals surface area contributed by atoms with Crippen molar-refractivity contribution in [2.24, 2.45) is 0 Å². The minimum Gasteiger partial charge on any atom is -0.496 e. The Hall–Kier alpha value is -2.38. The molecule has 0 radical (unpaired) electrons. The fourth-order valence-electron chi connectivity index (χ4n) is 2.92. The van der Waals surface area contributed by atoms with Gasteiger partial charge in [0.1, 0.15) is 5.75 Å². The number of sulfonamides is 1. The van der Waals surface area contributed by atoms with Gasteiger partial charge in [-0.2, -0.15) is 4.31 Å². The molecule has 0 bridgehead atoms. The minimum atomic E-state index is -3.63. The highest BCUT2D eigenvalue weighted by molar-refractivity contribution is 7.89. The number of methoxy groups -OCH3 is 1. The van der Waals surface area contributed by atoms with Crippen molar-refractivity contribution < 1.29 is 17.9 Å². The molecule has 2 rings (SSSR count). The van der Waals surface area contributed by atoms with E-state index in [4.69, 9.17) is 4.74 Å². The molecule has 0 unspecified atom stereocenters. The average molecular weight is 405 g/mol. The summed E-state index contributed by atoms with van der Waals surface area (Å²) in [7, 11) is -2.05. The number of para-hydroxylation sites is 1. The van der Waals surface area contributed by atoms with Gasteiger partial charge < -0.3 is 10.1 Å². The largest absolute Gasteiger partial charge is 0.496 e. The molecule has 0 aromatic heterocycles.